The van der Waals surface area contributed by atoms with E-state index in [1.807, 2.05) is 0 Å². The van der Waals surface area contributed by atoms with Gasteiger partial charge in [-0.25, -0.2) is 4.79 Å². The van der Waals surface area contributed by atoms with Crippen molar-refractivity contribution in [2.45, 2.75) is 81.8 Å². The summed E-state index contributed by atoms with van der Waals surface area (Å²) < 4.78 is 5.10. The first-order valence-corrected chi connectivity index (χ1v) is 12.4. The standard InChI is InChI=1S/C24H33N5OS/c1-15(2)29-20(24(11-12-24)28(3)4)14-21(26-29)31-27-23(30)25-22-18-9-5-7-16(18)13-17-8-6-10-19(17)22/h13-15H,5-12H2,1-4H3,(H2,25,27,30). The molecule has 5 rings (SSSR count). The molecule has 166 valence electrons. The monoisotopic (exact) mass is 439 g/mol. The molecule has 0 radical (unpaired) electrons. The summed E-state index contributed by atoms with van der Waals surface area (Å²) in [4.78, 5) is 15.1. The number of hydrogen-bond donors (Lipinski definition) is 2. The van der Waals surface area contributed by atoms with E-state index in [2.05, 4.69) is 59.7 Å². The van der Waals surface area contributed by atoms with E-state index in [1.165, 1.54) is 52.7 Å². The average molecular weight is 440 g/mol. The van der Waals surface area contributed by atoms with Crippen LogP contribution >= 0.6 is 11.9 Å². The summed E-state index contributed by atoms with van der Waals surface area (Å²) >= 11 is 1.31. The summed E-state index contributed by atoms with van der Waals surface area (Å²) in [6.07, 6.45) is 9.09. The molecule has 0 atom stereocenters. The number of nitrogens with zero attached hydrogens (tertiary/aromatic N) is 3. The largest absolute Gasteiger partial charge is 0.329 e. The van der Waals surface area contributed by atoms with Gasteiger partial charge in [-0.3, -0.25) is 14.3 Å². The smallest absolute Gasteiger partial charge is 0.307 e. The highest BCUT2D eigenvalue weighted by Crippen LogP contribution is 2.50. The van der Waals surface area contributed by atoms with Crippen molar-refractivity contribution in [3.8, 4) is 0 Å². The molecule has 1 saturated carbocycles. The predicted molar refractivity (Wildman–Crippen MR) is 126 cm³/mol. The Balaban J connectivity index is 1.32. The molecule has 1 aromatic heterocycles. The van der Waals surface area contributed by atoms with Crippen LogP contribution in [-0.2, 0) is 31.2 Å². The number of rotatable bonds is 6. The van der Waals surface area contributed by atoms with Crippen LogP contribution in [0.3, 0.4) is 0 Å². The number of fused-ring (bicyclic) bond motifs is 2. The van der Waals surface area contributed by atoms with Gasteiger partial charge in [-0.1, -0.05) is 6.07 Å². The van der Waals surface area contributed by atoms with Crippen LogP contribution in [0.15, 0.2) is 17.2 Å². The second-order valence-corrected chi connectivity index (χ2v) is 10.6. The number of aryl methyl sites for hydroxylation is 2. The molecule has 7 heteroatoms. The number of benzene rings is 1. The predicted octanol–water partition coefficient (Wildman–Crippen LogP) is 4.82. The minimum atomic E-state index is -0.159. The molecular weight excluding hydrogens is 406 g/mol. The third-order valence-corrected chi connectivity index (χ3v) is 7.91. The quantitative estimate of drug-likeness (QED) is 0.634. The lowest BCUT2D eigenvalue weighted by Gasteiger charge is -2.25. The lowest BCUT2D eigenvalue weighted by molar-refractivity contribution is 0.254. The van der Waals surface area contributed by atoms with E-state index in [0.717, 1.165) is 49.2 Å². The molecule has 1 aromatic carbocycles. The average Bonchev–Trinajstić information content (AvgIpc) is 3.10. The molecule has 0 saturated heterocycles. The number of anilines is 1. The molecule has 3 aliphatic carbocycles. The van der Waals surface area contributed by atoms with E-state index in [9.17, 15) is 4.79 Å². The van der Waals surface area contributed by atoms with Crippen LogP contribution in [0, 0.1) is 0 Å². The first-order valence-electron chi connectivity index (χ1n) is 11.6. The first kappa shape index (κ1) is 20.9. The molecule has 2 N–H and O–H groups in total. The zero-order valence-electron chi connectivity index (χ0n) is 19.0. The number of nitrogens with one attached hydrogen (secondary N) is 2. The Morgan fingerprint density at radius 1 is 1.10 bits per heavy atom. The fourth-order valence-corrected chi connectivity index (χ4v) is 5.97. The molecule has 0 aliphatic heterocycles. The number of carbonyl (C=O) groups is 1. The number of aromatic nitrogens is 2. The molecule has 0 unspecified atom stereocenters. The number of carbonyl (C=O) groups excluding carboxylic acids is 1. The Bertz CT molecular complexity index is 989. The number of urea groups is 1. The maximum Gasteiger partial charge on any atom is 0.329 e. The fraction of sp³-hybridized carbons (Fsp3) is 0.583. The molecule has 1 heterocycles. The normalized spacial score (nSPS) is 18.4. The van der Waals surface area contributed by atoms with Crippen molar-refractivity contribution < 1.29 is 4.79 Å². The van der Waals surface area contributed by atoms with E-state index < -0.39 is 0 Å². The van der Waals surface area contributed by atoms with E-state index in [0.29, 0.717) is 0 Å². The first-order chi connectivity index (χ1) is 14.9. The van der Waals surface area contributed by atoms with Crippen molar-refractivity contribution >= 4 is 23.7 Å². The second-order valence-electron chi connectivity index (χ2n) is 9.72. The van der Waals surface area contributed by atoms with Crippen LogP contribution < -0.4 is 10.0 Å². The summed E-state index contributed by atoms with van der Waals surface area (Å²) in [5.74, 6) is 0. The van der Waals surface area contributed by atoms with Gasteiger partial charge < -0.3 is 5.32 Å². The molecule has 3 aliphatic rings. The SMILES string of the molecule is CC(C)n1nc(SNC(=O)Nc2c3c(cc4c2CCC4)CCC3)cc1C1(N(C)C)CC1. The third kappa shape index (κ3) is 3.65. The Labute approximate surface area is 189 Å². The Morgan fingerprint density at radius 3 is 2.29 bits per heavy atom. The van der Waals surface area contributed by atoms with E-state index in [1.54, 1.807) is 0 Å². The van der Waals surface area contributed by atoms with E-state index >= 15 is 0 Å². The maximum absolute atomic E-state index is 12.8. The lowest BCUT2D eigenvalue weighted by Crippen LogP contribution is -2.30. The third-order valence-electron chi connectivity index (χ3n) is 7.22. The van der Waals surface area contributed by atoms with Gasteiger partial charge in [0.2, 0.25) is 0 Å². The van der Waals surface area contributed by atoms with Crippen molar-refractivity contribution in [2.24, 2.45) is 0 Å². The Hall–Kier alpha value is -1.99. The zero-order chi connectivity index (χ0) is 21.8. The maximum atomic E-state index is 12.8. The highest BCUT2D eigenvalue weighted by molar-refractivity contribution is 7.97. The van der Waals surface area contributed by atoms with Gasteiger partial charge in [0.05, 0.1) is 11.2 Å². The van der Waals surface area contributed by atoms with Gasteiger partial charge in [-0.2, -0.15) is 5.10 Å². The molecular formula is C24H33N5OS. The van der Waals surface area contributed by atoms with Crippen LogP contribution in [0.5, 0.6) is 0 Å². The Kier molecular flexibility index (Phi) is 5.29. The zero-order valence-corrected chi connectivity index (χ0v) is 19.9. The topological polar surface area (TPSA) is 62.2 Å². The van der Waals surface area contributed by atoms with Crippen LogP contribution in [0.1, 0.15) is 73.5 Å². The van der Waals surface area contributed by atoms with Crippen LogP contribution in [0.4, 0.5) is 10.5 Å². The summed E-state index contributed by atoms with van der Waals surface area (Å²) in [5.41, 5.74) is 7.99. The number of hydrogen-bond acceptors (Lipinski definition) is 4. The van der Waals surface area contributed by atoms with Crippen molar-refractivity contribution in [2.75, 3.05) is 19.4 Å². The van der Waals surface area contributed by atoms with Crippen molar-refractivity contribution in [3.05, 3.63) is 40.1 Å². The lowest BCUT2D eigenvalue weighted by atomic mass is 9.99. The highest BCUT2D eigenvalue weighted by Gasteiger charge is 2.49. The molecule has 1 fully saturated rings. The Morgan fingerprint density at radius 2 is 1.74 bits per heavy atom. The van der Waals surface area contributed by atoms with Crippen molar-refractivity contribution in [1.29, 1.82) is 0 Å². The molecule has 2 amide bonds. The molecule has 31 heavy (non-hydrogen) atoms. The minimum Gasteiger partial charge on any atom is -0.307 e. The van der Waals surface area contributed by atoms with Gasteiger partial charge in [0, 0.05) is 23.7 Å². The van der Waals surface area contributed by atoms with E-state index in [4.69, 9.17) is 5.10 Å². The highest BCUT2D eigenvalue weighted by atomic mass is 32.2. The van der Waals surface area contributed by atoms with Gasteiger partial charge in [-0.05, 0) is 108 Å². The van der Waals surface area contributed by atoms with Crippen LogP contribution in [0.25, 0.3) is 0 Å². The minimum absolute atomic E-state index is 0.0868. The second kappa shape index (κ2) is 7.85. The molecule has 0 spiro atoms. The van der Waals surface area contributed by atoms with Gasteiger partial charge >= 0.3 is 6.03 Å². The van der Waals surface area contributed by atoms with Gasteiger partial charge in [0.25, 0.3) is 0 Å². The van der Waals surface area contributed by atoms with Gasteiger partial charge in [-0.15, -0.1) is 0 Å². The molecule has 0 bridgehead atoms. The van der Waals surface area contributed by atoms with Gasteiger partial charge in [0.15, 0.2) is 0 Å². The number of amides is 2. The van der Waals surface area contributed by atoms with Crippen LogP contribution in [0.2, 0.25) is 0 Å². The summed E-state index contributed by atoms with van der Waals surface area (Å²) in [6, 6.07) is 4.66. The van der Waals surface area contributed by atoms with Crippen molar-refractivity contribution in [1.82, 2.24) is 19.4 Å². The van der Waals surface area contributed by atoms with Gasteiger partial charge in [0.1, 0.15) is 5.03 Å². The summed E-state index contributed by atoms with van der Waals surface area (Å²) in [5, 5.41) is 8.85. The summed E-state index contributed by atoms with van der Waals surface area (Å²) in [7, 11) is 4.28. The van der Waals surface area contributed by atoms with Crippen LogP contribution in [-0.4, -0.2) is 34.8 Å². The van der Waals surface area contributed by atoms with Crippen molar-refractivity contribution in [3.63, 3.8) is 0 Å². The molecule has 6 nitrogen and oxygen atoms in total. The van der Waals surface area contributed by atoms with E-state index in [-0.39, 0.29) is 17.6 Å². The summed E-state index contributed by atoms with van der Waals surface area (Å²) in [6.45, 7) is 4.32. The fourth-order valence-electron chi connectivity index (χ4n) is 5.42. The molecule has 2 aromatic rings.